The molecule has 0 aliphatic heterocycles. The summed E-state index contributed by atoms with van der Waals surface area (Å²) in [7, 11) is 0. The molecule has 0 saturated carbocycles. The second kappa shape index (κ2) is 7.49. The molecule has 0 amide bonds. The Bertz CT molecular complexity index is 363. The summed E-state index contributed by atoms with van der Waals surface area (Å²) in [5.41, 5.74) is 0.636. The van der Waals surface area contributed by atoms with Crippen molar-refractivity contribution in [2.45, 2.75) is 6.92 Å². The molecule has 1 aromatic carbocycles. The molecule has 0 radical (unpaired) electrons. The minimum atomic E-state index is 0.517. The maximum Gasteiger partial charge on any atom is 0.119 e. The van der Waals surface area contributed by atoms with Crippen LogP contribution in [-0.2, 0) is 4.74 Å². The molecule has 3 nitrogen and oxygen atoms in total. The minimum Gasteiger partial charge on any atom is -0.491 e. The molecule has 0 aliphatic carbocycles. The highest BCUT2D eigenvalue weighted by Gasteiger charge is 1.94. The zero-order valence-corrected chi connectivity index (χ0v) is 9.35. The lowest BCUT2D eigenvalue weighted by Gasteiger charge is -2.05. The van der Waals surface area contributed by atoms with Crippen molar-refractivity contribution in [3.05, 3.63) is 42.0 Å². The third-order valence-corrected chi connectivity index (χ3v) is 1.93. The van der Waals surface area contributed by atoms with Crippen LogP contribution in [0.4, 0.5) is 0 Å². The van der Waals surface area contributed by atoms with E-state index in [1.807, 2.05) is 19.1 Å². The Kier molecular flexibility index (Phi) is 5.75. The molecule has 0 unspecified atom stereocenters. The lowest BCUT2D eigenvalue weighted by atomic mass is 10.2. The number of ether oxygens (including phenoxy) is 2. The smallest absolute Gasteiger partial charge is 0.119 e. The van der Waals surface area contributed by atoms with Gasteiger partial charge in [0.25, 0.3) is 0 Å². The molecule has 16 heavy (non-hydrogen) atoms. The van der Waals surface area contributed by atoms with Crippen molar-refractivity contribution in [1.82, 2.24) is 0 Å². The van der Waals surface area contributed by atoms with Crippen LogP contribution in [0.2, 0.25) is 0 Å². The summed E-state index contributed by atoms with van der Waals surface area (Å²) < 4.78 is 10.7. The molecule has 0 heterocycles. The van der Waals surface area contributed by atoms with Gasteiger partial charge in [0.15, 0.2) is 0 Å². The minimum absolute atomic E-state index is 0.517. The lowest BCUT2D eigenvalue weighted by Crippen LogP contribution is -2.06. The number of hydrogen-bond acceptors (Lipinski definition) is 3. The topological polar surface area (TPSA) is 42.2 Å². The van der Waals surface area contributed by atoms with Gasteiger partial charge >= 0.3 is 0 Å². The molecule has 0 aliphatic rings. The van der Waals surface area contributed by atoms with Crippen LogP contribution in [0, 0.1) is 11.3 Å². The molecule has 0 spiro atoms. The first kappa shape index (κ1) is 12.3. The largest absolute Gasteiger partial charge is 0.491 e. The van der Waals surface area contributed by atoms with E-state index < -0.39 is 0 Å². The molecule has 0 aromatic heterocycles. The monoisotopic (exact) mass is 217 g/mol. The van der Waals surface area contributed by atoms with E-state index in [0.29, 0.717) is 25.4 Å². The van der Waals surface area contributed by atoms with Gasteiger partial charge < -0.3 is 9.47 Å². The van der Waals surface area contributed by atoms with Gasteiger partial charge in [-0.15, -0.1) is 0 Å². The van der Waals surface area contributed by atoms with Crippen molar-refractivity contribution in [3.8, 4) is 11.8 Å². The molecule has 0 atom stereocenters. The summed E-state index contributed by atoms with van der Waals surface area (Å²) in [6.45, 7) is 3.65. The number of nitriles is 1. The maximum absolute atomic E-state index is 8.61. The summed E-state index contributed by atoms with van der Waals surface area (Å²) in [6.07, 6.45) is 3.89. The number of nitrogens with zero attached hydrogens (tertiary/aromatic N) is 1. The fourth-order valence-electron chi connectivity index (χ4n) is 1.09. The average molecular weight is 217 g/mol. The van der Waals surface area contributed by atoms with Crippen molar-refractivity contribution in [2.24, 2.45) is 0 Å². The van der Waals surface area contributed by atoms with Gasteiger partial charge in [0, 0.05) is 0 Å². The summed E-state index contributed by atoms with van der Waals surface area (Å²) in [4.78, 5) is 0. The van der Waals surface area contributed by atoms with Gasteiger partial charge in [0.2, 0.25) is 0 Å². The average Bonchev–Trinajstić information content (AvgIpc) is 2.34. The molecular formula is C13H15NO2. The van der Waals surface area contributed by atoms with Gasteiger partial charge in [-0.3, -0.25) is 0 Å². The Morgan fingerprint density at radius 2 is 2.00 bits per heavy atom. The van der Waals surface area contributed by atoms with Crippen LogP contribution in [0.25, 0.3) is 0 Å². The van der Waals surface area contributed by atoms with Gasteiger partial charge in [-0.1, -0.05) is 12.2 Å². The quantitative estimate of drug-likeness (QED) is 0.543. The second-order valence-corrected chi connectivity index (χ2v) is 3.13. The summed E-state index contributed by atoms with van der Waals surface area (Å²) >= 11 is 0. The number of rotatable bonds is 6. The normalized spacial score (nSPS) is 10.2. The van der Waals surface area contributed by atoms with Crippen LogP contribution >= 0.6 is 0 Å². The number of allylic oxidation sites excluding steroid dienone is 1. The first-order valence-electron chi connectivity index (χ1n) is 5.18. The molecular weight excluding hydrogens is 202 g/mol. The molecule has 84 valence electrons. The van der Waals surface area contributed by atoms with E-state index in [2.05, 4.69) is 6.07 Å². The lowest BCUT2D eigenvalue weighted by molar-refractivity contribution is 0.121. The van der Waals surface area contributed by atoms with E-state index >= 15 is 0 Å². The SMILES string of the molecule is C/C=C/COCCOc1ccc(C#N)cc1. The summed E-state index contributed by atoms with van der Waals surface area (Å²) in [6, 6.07) is 9.09. The van der Waals surface area contributed by atoms with E-state index in [1.54, 1.807) is 24.3 Å². The molecule has 1 rings (SSSR count). The van der Waals surface area contributed by atoms with Crippen LogP contribution in [0.15, 0.2) is 36.4 Å². The van der Waals surface area contributed by atoms with Gasteiger partial charge in [0.1, 0.15) is 12.4 Å². The second-order valence-electron chi connectivity index (χ2n) is 3.13. The van der Waals surface area contributed by atoms with Crippen molar-refractivity contribution >= 4 is 0 Å². The predicted octanol–water partition coefficient (Wildman–Crippen LogP) is 2.53. The van der Waals surface area contributed by atoms with Crippen LogP contribution in [0.1, 0.15) is 12.5 Å². The van der Waals surface area contributed by atoms with Gasteiger partial charge in [-0.05, 0) is 31.2 Å². The van der Waals surface area contributed by atoms with Gasteiger partial charge in [-0.25, -0.2) is 0 Å². The highest BCUT2D eigenvalue weighted by Crippen LogP contribution is 2.11. The van der Waals surface area contributed by atoms with Crippen molar-refractivity contribution in [2.75, 3.05) is 19.8 Å². The Labute approximate surface area is 95.9 Å². The van der Waals surface area contributed by atoms with Crippen molar-refractivity contribution < 1.29 is 9.47 Å². The zero-order valence-electron chi connectivity index (χ0n) is 9.35. The van der Waals surface area contributed by atoms with E-state index in [1.165, 1.54) is 0 Å². The fourth-order valence-corrected chi connectivity index (χ4v) is 1.09. The fraction of sp³-hybridized carbons (Fsp3) is 0.308. The Morgan fingerprint density at radius 1 is 1.25 bits per heavy atom. The highest BCUT2D eigenvalue weighted by molar-refractivity contribution is 5.34. The predicted molar refractivity (Wildman–Crippen MR) is 62.3 cm³/mol. The third kappa shape index (κ3) is 4.63. The van der Waals surface area contributed by atoms with Crippen molar-refractivity contribution in [3.63, 3.8) is 0 Å². The summed E-state index contributed by atoms with van der Waals surface area (Å²) in [5.74, 6) is 0.758. The van der Waals surface area contributed by atoms with Crippen LogP contribution in [0.5, 0.6) is 5.75 Å². The van der Waals surface area contributed by atoms with Crippen LogP contribution < -0.4 is 4.74 Å². The van der Waals surface area contributed by atoms with E-state index in [0.717, 1.165) is 5.75 Å². The molecule has 1 aromatic rings. The number of benzene rings is 1. The highest BCUT2D eigenvalue weighted by atomic mass is 16.5. The molecule has 3 heteroatoms. The Morgan fingerprint density at radius 3 is 2.62 bits per heavy atom. The first-order valence-corrected chi connectivity index (χ1v) is 5.18. The third-order valence-electron chi connectivity index (χ3n) is 1.93. The summed E-state index contributed by atoms with van der Waals surface area (Å²) in [5, 5.41) is 8.61. The van der Waals surface area contributed by atoms with E-state index in [9.17, 15) is 0 Å². The standard InChI is InChI=1S/C13H15NO2/c1-2-3-8-15-9-10-16-13-6-4-12(11-14)5-7-13/h2-7H,8-10H2,1H3/b3-2+. The zero-order chi connectivity index (χ0) is 11.6. The molecule has 0 bridgehead atoms. The van der Waals surface area contributed by atoms with Crippen molar-refractivity contribution in [1.29, 1.82) is 5.26 Å². The maximum atomic E-state index is 8.61. The van der Waals surface area contributed by atoms with Gasteiger partial charge in [-0.2, -0.15) is 5.26 Å². The van der Waals surface area contributed by atoms with Crippen LogP contribution in [0.3, 0.4) is 0 Å². The van der Waals surface area contributed by atoms with Gasteiger partial charge in [0.05, 0.1) is 24.8 Å². The molecule has 0 fully saturated rings. The number of hydrogen-bond donors (Lipinski definition) is 0. The first-order chi connectivity index (χ1) is 7.86. The van der Waals surface area contributed by atoms with E-state index in [4.69, 9.17) is 14.7 Å². The van der Waals surface area contributed by atoms with E-state index in [-0.39, 0.29) is 0 Å². The Hall–Kier alpha value is -1.79. The molecule has 0 N–H and O–H groups in total. The molecule has 0 saturated heterocycles. The van der Waals surface area contributed by atoms with Crippen LogP contribution in [-0.4, -0.2) is 19.8 Å². The Balaban J connectivity index is 2.19.